The fraction of sp³-hybridized carbons (Fsp3) is 0.316. The summed E-state index contributed by atoms with van der Waals surface area (Å²) in [6.45, 7) is 2.64. The molecule has 0 bridgehead atoms. The molecule has 5 nitrogen and oxygen atoms in total. The fourth-order valence-corrected chi connectivity index (χ4v) is 2.93. The van der Waals surface area contributed by atoms with Crippen LogP contribution in [0.2, 0.25) is 0 Å². The van der Waals surface area contributed by atoms with Gasteiger partial charge in [0, 0.05) is 38.8 Å². The third-order valence-electron chi connectivity index (χ3n) is 4.40. The summed E-state index contributed by atoms with van der Waals surface area (Å²) in [4.78, 5) is 20.5. The lowest BCUT2D eigenvalue weighted by molar-refractivity contribution is -0.131. The molecule has 1 amide bonds. The number of halogens is 1. The molecule has 0 aliphatic carbocycles. The third-order valence-corrected chi connectivity index (χ3v) is 4.40. The van der Waals surface area contributed by atoms with Crippen LogP contribution in [0.1, 0.15) is 17.5 Å². The zero-order chi connectivity index (χ0) is 17.6. The van der Waals surface area contributed by atoms with Gasteiger partial charge in [0.2, 0.25) is 5.91 Å². The number of benzene rings is 1. The molecule has 25 heavy (non-hydrogen) atoms. The van der Waals surface area contributed by atoms with E-state index >= 15 is 0 Å². The van der Waals surface area contributed by atoms with Crippen LogP contribution in [0.5, 0.6) is 0 Å². The van der Waals surface area contributed by atoms with E-state index in [1.807, 2.05) is 17.0 Å². The van der Waals surface area contributed by atoms with E-state index in [4.69, 9.17) is 5.26 Å². The van der Waals surface area contributed by atoms with Gasteiger partial charge in [0.15, 0.2) is 0 Å². The topological polar surface area (TPSA) is 60.2 Å². The van der Waals surface area contributed by atoms with Crippen LogP contribution in [-0.2, 0) is 11.2 Å². The van der Waals surface area contributed by atoms with Crippen molar-refractivity contribution in [1.29, 1.82) is 5.26 Å². The first-order valence-electron chi connectivity index (χ1n) is 8.29. The van der Waals surface area contributed by atoms with Crippen molar-refractivity contribution in [2.45, 2.75) is 12.8 Å². The number of pyridine rings is 1. The van der Waals surface area contributed by atoms with Crippen molar-refractivity contribution in [2.24, 2.45) is 0 Å². The number of aryl methyl sites for hydroxylation is 1. The molecule has 3 rings (SSSR count). The average molecular weight is 338 g/mol. The van der Waals surface area contributed by atoms with Gasteiger partial charge in [0.25, 0.3) is 0 Å². The van der Waals surface area contributed by atoms with Crippen LogP contribution >= 0.6 is 0 Å². The first kappa shape index (κ1) is 16.9. The number of anilines is 1. The normalized spacial score (nSPS) is 14.2. The molecule has 1 aliphatic rings. The maximum Gasteiger partial charge on any atom is 0.223 e. The molecule has 0 spiro atoms. The van der Waals surface area contributed by atoms with Gasteiger partial charge in [0.1, 0.15) is 17.7 Å². The molecule has 2 aromatic rings. The monoisotopic (exact) mass is 338 g/mol. The van der Waals surface area contributed by atoms with E-state index in [9.17, 15) is 9.18 Å². The van der Waals surface area contributed by atoms with E-state index in [-0.39, 0.29) is 11.7 Å². The summed E-state index contributed by atoms with van der Waals surface area (Å²) in [7, 11) is 0. The molecule has 1 saturated heterocycles. The van der Waals surface area contributed by atoms with Gasteiger partial charge in [-0.25, -0.2) is 9.37 Å². The average Bonchev–Trinajstić information content (AvgIpc) is 2.67. The summed E-state index contributed by atoms with van der Waals surface area (Å²) >= 11 is 0. The van der Waals surface area contributed by atoms with E-state index in [0.717, 1.165) is 5.82 Å². The molecular formula is C19H19FN4O. The molecule has 6 heteroatoms. The molecule has 1 aromatic heterocycles. The van der Waals surface area contributed by atoms with E-state index in [2.05, 4.69) is 9.88 Å². The Hall–Kier alpha value is -2.94. The van der Waals surface area contributed by atoms with Crippen molar-refractivity contribution in [1.82, 2.24) is 9.88 Å². The molecule has 0 N–H and O–H groups in total. The number of aromatic nitrogens is 1. The van der Waals surface area contributed by atoms with Gasteiger partial charge < -0.3 is 9.80 Å². The standard InChI is InChI=1S/C19H19FN4O/c20-17-4-2-1-3-16(17)6-8-19(25)24-11-9-23(10-12-24)18-7-5-15(13-21)14-22-18/h1-5,7,14H,6,8-12H2. The highest BCUT2D eigenvalue weighted by molar-refractivity contribution is 5.76. The van der Waals surface area contributed by atoms with E-state index in [0.29, 0.717) is 50.1 Å². The number of hydrogen-bond donors (Lipinski definition) is 0. The molecule has 128 valence electrons. The zero-order valence-corrected chi connectivity index (χ0v) is 13.9. The van der Waals surface area contributed by atoms with Gasteiger partial charge in [0.05, 0.1) is 5.56 Å². The van der Waals surface area contributed by atoms with Crippen molar-refractivity contribution in [2.75, 3.05) is 31.1 Å². The van der Waals surface area contributed by atoms with Crippen LogP contribution in [0.4, 0.5) is 10.2 Å². The Morgan fingerprint density at radius 1 is 1.16 bits per heavy atom. The Labute approximate surface area is 146 Å². The highest BCUT2D eigenvalue weighted by atomic mass is 19.1. The van der Waals surface area contributed by atoms with Crippen LogP contribution < -0.4 is 4.90 Å². The SMILES string of the molecule is N#Cc1ccc(N2CCN(C(=O)CCc3ccccc3F)CC2)nc1. The Kier molecular flexibility index (Phi) is 5.24. The van der Waals surface area contributed by atoms with Crippen molar-refractivity contribution < 1.29 is 9.18 Å². The number of piperazine rings is 1. The fourth-order valence-electron chi connectivity index (χ4n) is 2.93. The smallest absolute Gasteiger partial charge is 0.223 e. The van der Waals surface area contributed by atoms with Gasteiger partial charge in [-0.2, -0.15) is 5.26 Å². The number of amides is 1. The minimum atomic E-state index is -0.257. The van der Waals surface area contributed by atoms with Gasteiger partial charge in [-0.1, -0.05) is 18.2 Å². The van der Waals surface area contributed by atoms with Crippen LogP contribution in [0.15, 0.2) is 42.6 Å². The van der Waals surface area contributed by atoms with Crippen LogP contribution in [-0.4, -0.2) is 42.0 Å². The first-order chi connectivity index (χ1) is 12.2. The second-order valence-corrected chi connectivity index (χ2v) is 5.98. The largest absolute Gasteiger partial charge is 0.353 e. The molecule has 2 heterocycles. The summed E-state index contributed by atoms with van der Waals surface area (Å²) in [6, 6.07) is 12.2. The van der Waals surface area contributed by atoms with Crippen LogP contribution in [0, 0.1) is 17.1 Å². The summed E-state index contributed by atoms with van der Waals surface area (Å²) in [5.41, 5.74) is 1.11. The van der Waals surface area contributed by atoms with Crippen molar-refractivity contribution in [3.8, 4) is 6.07 Å². The summed E-state index contributed by atoms with van der Waals surface area (Å²) in [6.07, 6.45) is 2.29. The molecule has 1 aromatic carbocycles. The number of nitrogens with zero attached hydrogens (tertiary/aromatic N) is 4. The minimum Gasteiger partial charge on any atom is -0.353 e. The van der Waals surface area contributed by atoms with Gasteiger partial charge >= 0.3 is 0 Å². The van der Waals surface area contributed by atoms with Gasteiger partial charge in [-0.05, 0) is 30.2 Å². The number of rotatable bonds is 4. The van der Waals surface area contributed by atoms with Gasteiger partial charge in [-0.3, -0.25) is 4.79 Å². The maximum atomic E-state index is 13.6. The van der Waals surface area contributed by atoms with Crippen LogP contribution in [0.25, 0.3) is 0 Å². The number of carbonyl (C=O) groups excluding carboxylic acids is 1. The van der Waals surface area contributed by atoms with Crippen LogP contribution in [0.3, 0.4) is 0 Å². The predicted octanol–water partition coefficient (Wildman–Crippen LogP) is 2.37. The summed E-state index contributed by atoms with van der Waals surface area (Å²) in [5, 5.41) is 8.81. The summed E-state index contributed by atoms with van der Waals surface area (Å²) < 4.78 is 13.6. The number of nitriles is 1. The quantitative estimate of drug-likeness (QED) is 0.859. The van der Waals surface area contributed by atoms with E-state index in [1.54, 1.807) is 30.5 Å². The highest BCUT2D eigenvalue weighted by Crippen LogP contribution is 2.15. The van der Waals surface area contributed by atoms with E-state index in [1.165, 1.54) is 6.07 Å². The lowest BCUT2D eigenvalue weighted by Crippen LogP contribution is -2.49. The molecule has 0 saturated carbocycles. The zero-order valence-electron chi connectivity index (χ0n) is 13.9. The second-order valence-electron chi connectivity index (χ2n) is 5.98. The predicted molar refractivity (Wildman–Crippen MR) is 92.5 cm³/mol. The maximum absolute atomic E-state index is 13.6. The Morgan fingerprint density at radius 2 is 1.92 bits per heavy atom. The number of carbonyl (C=O) groups is 1. The third kappa shape index (κ3) is 4.13. The lowest BCUT2D eigenvalue weighted by Gasteiger charge is -2.35. The molecular weight excluding hydrogens is 319 g/mol. The van der Waals surface area contributed by atoms with Crippen molar-refractivity contribution in [3.63, 3.8) is 0 Å². The van der Waals surface area contributed by atoms with Crippen molar-refractivity contribution >= 4 is 11.7 Å². The summed E-state index contributed by atoms with van der Waals surface area (Å²) in [5.74, 6) is 0.611. The van der Waals surface area contributed by atoms with Gasteiger partial charge in [-0.15, -0.1) is 0 Å². The molecule has 0 radical (unpaired) electrons. The van der Waals surface area contributed by atoms with E-state index < -0.39 is 0 Å². The Bertz CT molecular complexity index is 777. The Morgan fingerprint density at radius 3 is 2.56 bits per heavy atom. The Balaban J connectivity index is 1.50. The highest BCUT2D eigenvalue weighted by Gasteiger charge is 2.21. The minimum absolute atomic E-state index is 0.0516. The van der Waals surface area contributed by atoms with Crippen molar-refractivity contribution in [3.05, 3.63) is 59.5 Å². The molecule has 1 fully saturated rings. The number of hydrogen-bond acceptors (Lipinski definition) is 4. The second kappa shape index (κ2) is 7.75. The first-order valence-corrected chi connectivity index (χ1v) is 8.29. The molecule has 1 aliphatic heterocycles. The lowest BCUT2D eigenvalue weighted by atomic mass is 10.1. The molecule has 0 atom stereocenters. The molecule has 0 unspecified atom stereocenters.